The lowest BCUT2D eigenvalue weighted by Gasteiger charge is -2.44. The minimum Gasteiger partial charge on any atom is -0.430 e. The Bertz CT molecular complexity index is 591. The summed E-state index contributed by atoms with van der Waals surface area (Å²) in [6.45, 7) is 11.8. The van der Waals surface area contributed by atoms with Crippen molar-refractivity contribution in [1.29, 1.82) is 0 Å². The summed E-state index contributed by atoms with van der Waals surface area (Å²) < 4.78 is 12.1. The maximum atomic E-state index is 11.7. The fourth-order valence-electron chi connectivity index (χ4n) is 4.19. The Morgan fingerprint density at radius 2 is 1.81 bits per heavy atom. The molecule has 0 aliphatic carbocycles. The van der Waals surface area contributed by atoms with Gasteiger partial charge in [-0.05, 0) is 65.2 Å². The van der Waals surface area contributed by atoms with Crippen molar-refractivity contribution in [1.82, 2.24) is 0 Å². The molecule has 0 saturated carbocycles. The Hall–Kier alpha value is -1.13. The van der Waals surface area contributed by atoms with E-state index >= 15 is 0 Å². The van der Waals surface area contributed by atoms with Gasteiger partial charge in [0.1, 0.15) is 5.60 Å². The van der Waals surface area contributed by atoms with Crippen molar-refractivity contribution < 1.29 is 19.4 Å². The molecule has 2 bridgehead atoms. The minimum atomic E-state index is -1.61. The van der Waals surface area contributed by atoms with Crippen molar-refractivity contribution >= 4 is 5.97 Å². The second-order valence-corrected chi connectivity index (χ2v) is 8.77. The highest BCUT2D eigenvalue weighted by molar-refractivity contribution is 5.66. The predicted octanol–water partition coefficient (Wildman–Crippen LogP) is 5.06. The number of aliphatic hydroxyl groups is 1. The second kappa shape index (κ2) is 7.85. The van der Waals surface area contributed by atoms with Gasteiger partial charge in [0.2, 0.25) is 5.79 Å². The van der Waals surface area contributed by atoms with Crippen molar-refractivity contribution in [2.45, 2.75) is 103 Å². The van der Waals surface area contributed by atoms with Crippen LogP contribution >= 0.6 is 0 Å². The van der Waals surface area contributed by atoms with E-state index in [1.54, 1.807) is 0 Å². The molecule has 2 aliphatic rings. The Balaban J connectivity index is 2.44. The van der Waals surface area contributed by atoms with Crippen LogP contribution in [-0.4, -0.2) is 28.1 Å². The minimum absolute atomic E-state index is 0.306. The van der Waals surface area contributed by atoms with Gasteiger partial charge < -0.3 is 14.6 Å². The molecule has 1 fully saturated rings. The van der Waals surface area contributed by atoms with E-state index < -0.39 is 17.4 Å². The van der Waals surface area contributed by atoms with Crippen LogP contribution in [0.4, 0.5) is 0 Å². The van der Waals surface area contributed by atoms with E-state index in [-0.39, 0.29) is 5.60 Å². The van der Waals surface area contributed by atoms with Crippen molar-refractivity contribution in [3.8, 4) is 0 Å². The van der Waals surface area contributed by atoms with Crippen molar-refractivity contribution in [2.24, 2.45) is 5.92 Å². The van der Waals surface area contributed by atoms with Crippen LogP contribution in [0.5, 0.6) is 0 Å². The molecule has 0 aromatic heterocycles. The van der Waals surface area contributed by atoms with Crippen molar-refractivity contribution in [3.63, 3.8) is 0 Å². The average Bonchev–Trinajstić information content (AvgIpc) is 2.90. The molecule has 0 amide bonds. The Morgan fingerprint density at radius 3 is 2.42 bits per heavy atom. The van der Waals surface area contributed by atoms with E-state index in [1.807, 2.05) is 6.92 Å². The summed E-state index contributed by atoms with van der Waals surface area (Å²) in [7, 11) is 0. The van der Waals surface area contributed by atoms with Gasteiger partial charge in [-0.2, -0.15) is 0 Å². The Labute approximate surface area is 158 Å². The number of hydrogen-bond donors (Lipinski definition) is 1. The van der Waals surface area contributed by atoms with Crippen LogP contribution in [0.15, 0.2) is 23.3 Å². The molecule has 2 heterocycles. The molecule has 1 saturated heterocycles. The molecule has 26 heavy (non-hydrogen) atoms. The number of carbonyl (C=O) groups excluding carboxylic acids is 1. The molecule has 4 heteroatoms. The number of allylic oxidation sites excluding steroid dienone is 3. The summed E-state index contributed by atoms with van der Waals surface area (Å²) in [6.07, 6.45) is 9.93. The zero-order valence-electron chi connectivity index (χ0n) is 17.4. The third-order valence-corrected chi connectivity index (χ3v) is 6.33. The van der Waals surface area contributed by atoms with Crippen LogP contribution in [0.25, 0.3) is 0 Å². The summed E-state index contributed by atoms with van der Waals surface area (Å²) in [5, 5.41) is 11.4. The van der Waals surface area contributed by atoms with Crippen LogP contribution in [-0.2, 0) is 14.3 Å². The van der Waals surface area contributed by atoms with Crippen LogP contribution in [0.3, 0.4) is 0 Å². The van der Waals surface area contributed by atoms with E-state index in [1.165, 1.54) is 18.1 Å². The van der Waals surface area contributed by atoms with Gasteiger partial charge in [0.15, 0.2) is 0 Å². The fourth-order valence-corrected chi connectivity index (χ4v) is 4.19. The van der Waals surface area contributed by atoms with Crippen LogP contribution in [0, 0.1) is 5.92 Å². The first-order chi connectivity index (χ1) is 12.0. The molecule has 3 atom stereocenters. The summed E-state index contributed by atoms with van der Waals surface area (Å²) in [5.74, 6) is -1.78. The van der Waals surface area contributed by atoms with Gasteiger partial charge in [-0.1, -0.05) is 37.1 Å². The quantitative estimate of drug-likeness (QED) is 0.423. The molecule has 4 nitrogen and oxygen atoms in total. The molecule has 0 spiro atoms. The predicted molar refractivity (Wildman–Crippen MR) is 104 cm³/mol. The summed E-state index contributed by atoms with van der Waals surface area (Å²) >= 11 is 0. The largest absolute Gasteiger partial charge is 0.430 e. The smallest absolute Gasteiger partial charge is 0.305 e. The third kappa shape index (κ3) is 4.40. The maximum absolute atomic E-state index is 11.7. The van der Waals surface area contributed by atoms with Gasteiger partial charge in [0.05, 0.1) is 5.60 Å². The maximum Gasteiger partial charge on any atom is 0.305 e. The standard InChI is InChI=1S/C22H36O4/c1-16(2)21-12-10-17(3)8-7-9-18(4)11-13-22(24,25-19(5)23)20(6,26-21)14-15-21/h9-10,16,24H,7-8,11-15H2,1-6H3/b17-10-,18-9-/t20-,21-,22-/m1/s1. The third-order valence-electron chi connectivity index (χ3n) is 6.33. The van der Waals surface area contributed by atoms with Gasteiger partial charge >= 0.3 is 5.97 Å². The summed E-state index contributed by atoms with van der Waals surface area (Å²) in [4.78, 5) is 11.7. The lowest BCUT2D eigenvalue weighted by molar-refractivity contribution is -0.303. The van der Waals surface area contributed by atoms with Gasteiger partial charge in [-0.3, -0.25) is 4.79 Å². The van der Waals surface area contributed by atoms with E-state index in [4.69, 9.17) is 9.47 Å². The normalized spacial score (nSPS) is 40.5. The first kappa shape index (κ1) is 21.2. The molecule has 2 rings (SSSR count). The summed E-state index contributed by atoms with van der Waals surface area (Å²) in [6, 6.07) is 0. The number of rotatable bonds is 2. The number of hydrogen-bond acceptors (Lipinski definition) is 4. The monoisotopic (exact) mass is 364 g/mol. The van der Waals surface area contributed by atoms with Gasteiger partial charge in [-0.15, -0.1) is 0 Å². The number of ether oxygens (including phenoxy) is 2. The topological polar surface area (TPSA) is 55.8 Å². The first-order valence-corrected chi connectivity index (χ1v) is 9.95. The molecule has 148 valence electrons. The number of carbonyl (C=O) groups is 1. The number of esters is 1. The molecular formula is C22H36O4. The van der Waals surface area contributed by atoms with Crippen molar-refractivity contribution in [3.05, 3.63) is 23.3 Å². The van der Waals surface area contributed by atoms with Crippen LogP contribution < -0.4 is 0 Å². The van der Waals surface area contributed by atoms with E-state index in [0.717, 1.165) is 25.7 Å². The summed E-state index contributed by atoms with van der Waals surface area (Å²) in [5.41, 5.74) is 1.35. The van der Waals surface area contributed by atoms with E-state index in [9.17, 15) is 9.90 Å². The lowest BCUT2D eigenvalue weighted by Crippen LogP contribution is -2.56. The van der Waals surface area contributed by atoms with Gasteiger partial charge in [0.25, 0.3) is 0 Å². The van der Waals surface area contributed by atoms with Crippen molar-refractivity contribution in [2.75, 3.05) is 0 Å². The molecule has 2 aliphatic heterocycles. The Kier molecular flexibility index (Phi) is 6.40. The molecule has 0 aromatic rings. The molecular weight excluding hydrogens is 328 g/mol. The number of fused-ring (bicyclic) bond motifs is 2. The van der Waals surface area contributed by atoms with Gasteiger partial charge in [0, 0.05) is 13.3 Å². The molecule has 0 unspecified atom stereocenters. The average molecular weight is 365 g/mol. The zero-order valence-corrected chi connectivity index (χ0v) is 17.4. The van der Waals surface area contributed by atoms with Gasteiger partial charge in [-0.25, -0.2) is 0 Å². The first-order valence-electron chi connectivity index (χ1n) is 9.95. The fraction of sp³-hybridized carbons (Fsp3) is 0.773. The van der Waals surface area contributed by atoms with E-state index in [0.29, 0.717) is 25.2 Å². The molecule has 0 aromatic carbocycles. The second-order valence-electron chi connectivity index (χ2n) is 8.77. The zero-order chi connectivity index (χ0) is 19.6. The Morgan fingerprint density at radius 1 is 1.15 bits per heavy atom. The van der Waals surface area contributed by atoms with Crippen LogP contribution in [0.2, 0.25) is 0 Å². The lowest BCUT2D eigenvalue weighted by atomic mass is 9.82. The van der Waals surface area contributed by atoms with Crippen LogP contribution in [0.1, 0.15) is 86.5 Å². The highest BCUT2D eigenvalue weighted by Gasteiger charge is 2.59. The highest BCUT2D eigenvalue weighted by Crippen LogP contribution is 2.51. The molecule has 1 N–H and O–H groups in total. The SMILES string of the molecule is CC(=O)O[C@]1(O)CC/C(C)=C\CC/C(C)=C\C[C@]2(C(C)C)CC[C@@]1(C)O2. The van der Waals surface area contributed by atoms with E-state index in [2.05, 4.69) is 39.8 Å². The highest BCUT2D eigenvalue weighted by atomic mass is 16.7. The molecule has 0 radical (unpaired) electrons.